The lowest BCUT2D eigenvalue weighted by molar-refractivity contribution is -0.124. The van der Waals surface area contributed by atoms with Crippen LogP contribution in [0, 0.1) is 11.8 Å². The van der Waals surface area contributed by atoms with Crippen LogP contribution < -0.4 is 0 Å². The molecule has 0 aromatic carbocycles. The summed E-state index contributed by atoms with van der Waals surface area (Å²) in [5.74, 6) is 1.43. The van der Waals surface area contributed by atoms with Crippen LogP contribution in [0.5, 0.6) is 0 Å². The second-order valence-corrected chi connectivity index (χ2v) is 4.80. The van der Waals surface area contributed by atoms with Crippen molar-refractivity contribution in [2.45, 2.75) is 46.0 Å². The molecule has 0 N–H and O–H groups in total. The summed E-state index contributed by atoms with van der Waals surface area (Å²) in [4.78, 5) is 11.3. The van der Waals surface area contributed by atoms with Gasteiger partial charge in [-0.05, 0) is 24.7 Å². The summed E-state index contributed by atoms with van der Waals surface area (Å²) in [6.45, 7) is 5.25. The fraction of sp³-hybridized carbons (Fsp3) is 0.917. The first-order valence-electron chi connectivity index (χ1n) is 5.78. The molecule has 0 saturated heterocycles. The van der Waals surface area contributed by atoms with Gasteiger partial charge >= 0.3 is 0 Å². The topological polar surface area (TPSA) is 26.3 Å². The zero-order valence-corrected chi connectivity index (χ0v) is 9.42. The summed E-state index contributed by atoms with van der Waals surface area (Å²) in [6, 6.07) is 0. The smallest absolute Gasteiger partial charge is 0.158 e. The van der Waals surface area contributed by atoms with Crippen LogP contribution in [-0.2, 0) is 9.53 Å². The molecule has 1 rings (SSSR count). The average Bonchev–Trinajstić information content (AvgIpc) is 2.55. The summed E-state index contributed by atoms with van der Waals surface area (Å²) in [7, 11) is 0. The molecule has 0 aromatic rings. The van der Waals surface area contributed by atoms with E-state index in [2.05, 4.69) is 13.8 Å². The van der Waals surface area contributed by atoms with Gasteiger partial charge in [-0.3, -0.25) is 4.79 Å². The molecule has 1 aliphatic rings. The van der Waals surface area contributed by atoms with Crippen LogP contribution in [0.4, 0.5) is 0 Å². The van der Waals surface area contributed by atoms with E-state index in [0.717, 1.165) is 12.5 Å². The third-order valence-corrected chi connectivity index (χ3v) is 2.73. The molecule has 1 saturated carbocycles. The van der Waals surface area contributed by atoms with Crippen LogP contribution in [0.2, 0.25) is 0 Å². The van der Waals surface area contributed by atoms with E-state index < -0.39 is 0 Å². The average molecular weight is 198 g/mol. The maximum atomic E-state index is 11.3. The molecule has 14 heavy (non-hydrogen) atoms. The molecule has 2 heteroatoms. The van der Waals surface area contributed by atoms with Crippen molar-refractivity contribution in [1.29, 1.82) is 0 Å². The fourth-order valence-electron chi connectivity index (χ4n) is 2.03. The predicted octanol–water partition coefficient (Wildman–Crippen LogP) is 2.81. The minimum Gasteiger partial charge on any atom is -0.373 e. The van der Waals surface area contributed by atoms with Crippen molar-refractivity contribution < 1.29 is 9.53 Å². The largest absolute Gasteiger partial charge is 0.373 e. The van der Waals surface area contributed by atoms with Crippen molar-refractivity contribution in [2.24, 2.45) is 11.8 Å². The highest BCUT2D eigenvalue weighted by Gasteiger charge is 2.15. The van der Waals surface area contributed by atoms with Gasteiger partial charge in [0.2, 0.25) is 0 Å². The highest BCUT2D eigenvalue weighted by atomic mass is 16.5. The van der Waals surface area contributed by atoms with Crippen LogP contribution in [0.1, 0.15) is 46.0 Å². The number of carbonyl (C=O) groups excluding carboxylic acids is 1. The van der Waals surface area contributed by atoms with Crippen LogP contribution in [-0.4, -0.2) is 19.0 Å². The van der Waals surface area contributed by atoms with Gasteiger partial charge in [0.15, 0.2) is 5.78 Å². The van der Waals surface area contributed by atoms with Gasteiger partial charge in [-0.2, -0.15) is 0 Å². The molecule has 0 unspecified atom stereocenters. The first kappa shape index (κ1) is 11.7. The SMILES string of the molecule is CC(C)CC(=O)COCC1CCCC1. The Morgan fingerprint density at radius 3 is 2.57 bits per heavy atom. The summed E-state index contributed by atoms with van der Waals surface area (Å²) in [5, 5.41) is 0. The Morgan fingerprint density at radius 1 is 1.36 bits per heavy atom. The number of hydrogen-bond acceptors (Lipinski definition) is 2. The van der Waals surface area contributed by atoms with E-state index in [9.17, 15) is 4.79 Å². The lowest BCUT2D eigenvalue weighted by Crippen LogP contribution is -2.14. The molecule has 0 heterocycles. The Balaban J connectivity index is 1.99. The fourth-order valence-corrected chi connectivity index (χ4v) is 2.03. The second-order valence-electron chi connectivity index (χ2n) is 4.80. The third kappa shape index (κ3) is 4.75. The van der Waals surface area contributed by atoms with Crippen LogP contribution in [0.3, 0.4) is 0 Å². The number of hydrogen-bond donors (Lipinski definition) is 0. The standard InChI is InChI=1S/C12H22O2/c1-10(2)7-12(13)9-14-8-11-5-3-4-6-11/h10-11H,3-9H2,1-2H3. The lowest BCUT2D eigenvalue weighted by Gasteiger charge is -2.09. The summed E-state index contributed by atoms with van der Waals surface area (Å²) < 4.78 is 5.43. The maximum Gasteiger partial charge on any atom is 0.158 e. The number of rotatable bonds is 6. The Labute approximate surface area is 87.0 Å². The van der Waals surface area contributed by atoms with Gasteiger partial charge in [-0.15, -0.1) is 0 Å². The van der Waals surface area contributed by atoms with E-state index in [0.29, 0.717) is 18.9 Å². The van der Waals surface area contributed by atoms with Gasteiger partial charge in [-0.25, -0.2) is 0 Å². The van der Waals surface area contributed by atoms with Gasteiger partial charge in [0, 0.05) is 13.0 Å². The van der Waals surface area contributed by atoms with Crippen LogP contribution in [0.15, 0.2) is 0 Å². The zero-order valence-electron chi connectivity index (χ0n) is 9.42. The van der Waals surface area contributed by atoms with Crippen molar-refractivity contribution in [3.63, 3.8) is 0 Å². The van der Waals surface area contributed by atoms with Gasteiger partial charge in [0.05, 0.1) is 0 Å². The number of ketones is 1. The van der Waals surface area contributed by atoms with E-state index >= 15 is 0 Å². The molecule has 0 spiro atoms. The Hall–Kier alpha value is -0.370. The number of Topliss-reactive ketones (excluding diaryl/α,β-unsaturated/α-hetero) is 1. The molecule has 2 nitrogen and oxygen atoms in total. The molecule has 1 fully saturated rings. The number of carbonyl (C=O) groups is 1. The monoisotopic (exact) mass is 198 g/mol. The molecule has 0 aromatic heterocycles. The van der Waals surface area contributed by atoms with Crippen molar-refractivity contribution in [2.75, 3.05) is 13.2 Å². The van der Waals surface area contributed by atoms with E-state index in [1.54, 1.807) is 0 Å². The minimum atomic E-state index is 0.248. The molecule has 0 radical (unpaired) electrons. The molecule has 82 valence electrons. The van der Waals surface area contributed by atoms with Crippen molar-refractivity contribution in [3.8, 4) is 0 Å². The molecule has 0 amide bonds. The molecule has 0 bridgehead atoms. The summed E-state index contributed by atoms with van der Waals surface area (Å²) in [5.41, 5.74) is 0. The molecular formula is C12H22O2. The first-order valence-corrected chi connectivity index (χ1v) is 5.78. The summed E-state index contributed by atoms with van der Waals surface area (Å²) in [6.07, 6.45) is 5.92. The Kier molecular flexibility index (Phi) is 5.16. The van der Waals surface area contributed by atoms with Crippen LogP contribution >= 0.6 is 0 Å². The number of ether oxygens (including phenoxy) is 1. The molecule has 0 atom stereocenters. The van der Waals surface area contributed by atoms with Crippen LogP contribution in [0.25, 0.3) is 0 Å². The highest BCUT2D eigenvalue weighted by molar-refractivity contribution is 5.79. The molecule has 0 aliphatic heterocycles. The van der Waals surface area contributed by atoms with E-state index in [1.807, 2.05) is 0 Å². The van der Waals surface area contributed by atoms with Crippen molar-refractivity contribution >= 4 is 5.78 Å². The van der Waals surface area contributed by atoms with Gasteiger partial charge in [-0.1, -0.05) is 26.7 Å². The molecule has 1 aliphatic carbocycles. The lowest BCUT2D eigenvalue weighted by atomic mass is 10.1. The first-order chi connectivity index (χ1) is 6.68. The minimum absolute atomic E-state index is 0.248. The van der Waals surface area contributed by atoms with Gasteiger partial charge in [0.1, 0.15) is 6.61 Å². The summed E-state index contributed by atoms with van der Waals surface area (Å²) >= 11 is 0. The normalized spacial score (nSPS) is 17.9. The quantitative estimate of drug-likeness (QED) is 0.656. The van der Waals surface area contributed by atoms with E-state index in [-0.39, 0.29) is 5.78 Å². The Bertz CT molecular complexity index is 169. The maximum absolute atomic E-state index is 11.3. The highest BCUT2D eigenvalue weighted by Crippen LogP contribution is 2.24. The van der Waals surface area contributed by atoms with Crippen molar-refractivity contribution in [1.82, 2.24) is 0 Å². The predicted molar refractivity (Wildman–Crippen MR) is 57.2 cm³/mol. The van der Waals surface area contributed by atoms with E-state index in [4.69, 9.17) is 4.74 Å². The third-order valence-electron chi connectivity index (χ3n) is 2.73. The van der Waals surface area contributed by atoms with E-state index in [1.165, 1.54) is 25.7 Å². The molecular weight excluding hydrogens is 176 g/mol. The van der Waals surface area contributed by atoms with Crippen molar-refractivity contribution in [3.05, 3.63) is 0 Å². The van der Waals surface area contributed by atoms with Gasteiger partial charge in [0.25, 0.3) is 0 Å². The van der Waals surface area contributed by atoms with Gasteiger partial charge < -0.3 is 4.74 Å². The second kappa shape index (κ2) is 6.18. The Morgan fingerprint density at radius 2 is 2.00 bits per heavy atom. The zero-order chi connectivity index (χ0) is 10.4.